The molecular formula is C17H18N2. The van der Waals surface area contributed by atoms with Gasteiger partial charge in [-0.25, -0.2) is 0 Å². The summed E-state index contributed by atoms with van der Waals surface area (Å²) in [4.78, 5) is 4.61. The maximum atomic E-state index is 6.79. The zero-order chi connectivity index (χ0) is 12.9. The van der Waals surface area contributed by atoms with Crippen molar-refractivity contribution in [3.63, 3.8) is 0 Å². The third-order valence-electron chi connectivity index (χ3n) is 4.81. The molecule has 0 fully saturated rings. The molecule has 4 rings (SSSR count). The Kier molecular flexibility index (Phi) is 2.30. The first kappa shape index (κ1) is 11.2. The van der Waals surface area contributed by atoms with Gasteiger partial charge in [-0.15, -0.1) is 0 Å². The summed E-state index contributed by atoms with van der Waals surface area (Å²) in [6, 6.07) is 12.9. The van der Waals surface area contributed by atoms with Gasteiger partial charge in [0.1, 0.15) is 0 Å². The van der Waals surface area contributed by atoms with E-state index in [1.54, 1.807) is 0 Å². The second-order valence-electron chi connectivity index (χ2n) is 5.99. The van der Waals surface area contributed by atoms with E-state index < -0.39 is 0 Å². The SMILES string of the molecule is NC1(C2CCc3cccnc32)Cc2ccccc2C1. The standard InChI is InChI=1S/C17H18N2/c18-17(10-13-4-1-2-5-14(13)11-17)15-8-7-12-6-3-9-19-16(12)15/h1-6,9,15H,7-8,10-11,18H2. The van der Waals surface area contributed by atoms with Gasteiger partial charge in [-0.1, -0.05) is 30.3 Å². The molecular weight excluding hydrogens is 232 g/mol. The highest BCUT2D eigenvalue weighted by molar-refractivity contribution is 5.41. The van der Waals surface area contributed by atoms with Crippen molar-refractivity contribution >= 4 is 0 Å². The van der Waals surface area contributed by atoms with Crippen LogP contribution in [0, 0.1) is 0 Å². The van der Waals surface area contributed by atoms with Crippen LogP contribution in [0.15, 0.2) is 42.6 Å². The molecule has 0 spiro atoms. The Labute approximate surface area is 113 Å². The van der Waals surface area contributed by atoms with Crippen molar-refractivity contribution in [1.29, 1.82) is 0 Å². The number of hydrogen-bond acceptors (Lipinski definition) is 2. The van der Waals surface area contributed by atoms with Crippen LogP contribution in [0.25, 0.3) is 0 Å². The third kappa shape index (κ3) is 1.63. The molecule has 0 aliphatic heterocycles. The second kappa shape index (κ2) is 3.91. The minimum absolute atomic E-state index is 0.136. The van der Waals surface area contributed by atoms with Gasteiger partial charge in [-0.05, 0) is 48.4 Å². The van der Waals surface area contributed by atoms with Gasteiger partial charge < -0.3 is 5.73 Å². The predicted octanol–water partition coefficient (Wildman–Crippen LogP) is 2.61. The van der Waals surface area contributed by atoms with E-state index in [2.05, 4.69) is 35.3 Å². The average Bonchev–Trinajstić information content (AvgIpc) is 2.98. The molecule has 2 aliphatic carbocycles. The first-order chi connectivity index (χ1) is 9.26. The first-order valence-corrected chi connectivity index (χ1v) is 7.06. The smallest absolute Gasteiger partial charge is 0.0485 e. The molecule has 1 heterocycles. The zero-order valence-corrected chi connectivity index (χ0v) is 11.0. The van der Waals surface area contributed by atoms with Gasteiger partial charge in [-0.2, -0.15) is 0 Å². The maximum absolute atomic E-state index is 6.79. The summed E-state index contributed by atoms with van der Waals surface area (Å²) in [6.07, 6.45) is 6.16. The van der Waals surface area contributed by atoms with Crippen molar-refractivity contribution in [2.75, 3.05) is 0 Å². The Morgan fingerprint density at radius 2 is 1.68 bits per heavy atom. The molecule has 0 saturated heterocycles. The van der Waals surface area contributed by atoms with Gasteiger partial charge in [0.25, 0.3) is 0 Å². The van der Waals surface area contributed by atoms with Crippen LogP contribution in [0.4, 0.5) is 0 Å². The molecule has 2 aliphatic rings. The number of nitrogens with two attached hydrogens (primary N) is 1. The molecule has 2 heteroatoms. The van der Waals surface area contributed by atoms with Crippen LogP contribution in [0.5, 0.6) is 0 Å². The number of aryl methyl sites for hydroxylation is 1. The molecule has 2 nitrogen and oxygen atoms in total. The molecule has 2 aromatic rings. The number of benzene rings is 1. The lowest BCUT2D eigenvalue weighted by molar-refractivity contribution is 0.353. The van der Waals surface area contributed by atoms with Crippen LogP contribution in [0.2, 0.25) is 0 Å². The number of fused-ring (bicyclic) bond motifs is 2. The molecule has 0 amide bonds. The fourth-order valence-electron chi connectivity index (χ4n) is 3.89. The van der Waals surface area contributed by atoms with Gasteiger partial charge >= 0.3 is 0 Å². The van der Waals surface area contributed by atoms with E-state index in [4.69, 9.17) is 5.73 Å². The van der Waals surface area contributed by atoms with Gasteiger partial charge in [-0.3, -0.25) is 4.98 Å². The number of pyridine rings is 1. The van der Waals surface area contributed by atoms with Gasteiger partial charge in [0, 0.05) is 23.3 Å². The van der Waals surface area contributed by atoms with Crippen molar-refractivity contribution in [1.82, 2.24) is 4.98 Å². The van der Waals surface area contributed by atoms with Crippen LogP contribution in [-0.2, 0) is 19.3 Å². The Morgan fingerprint density at radius 1 is 1.00 bits per heavy atom. The van der Waals surface area contributed by atoms with E-state index >= 15 is 0 Å². The van der Waals surface area contributed by atoms with Crippen molar-refractivity contribution in [3.8, 4) is 0 Å². The van der Waals surface area contributed by atoms with Crippen molar-refractivity contribution in [3.05, 3.63) is 65.0 Å². The van der Waals surface area contributed by atoms with Gasteiger partial charge in [0.15, 0.2) is 0 Å². The van der Waals surface area contributed by atoms with Crippen molar-refractivity contribution < 1.29 is 0 Å². The van der Waals surface area contributed by atoms with Gasteiger partial charge in [0.05, 0.1) is 0 Å². The molecule has 2 N–H and O–H groups in total. The summed E-state index contributed by atoms with van der Waals surface area (Å²) in [5.41, 5.74) is 12.1. The van der Waals surface area contributed by atoms with Crippen LogP contribution in [0.1, 0.15) is 34.7 Å². The summed E-state index contributed by atoms with van der Waals surface area (Å²) < 4.78 is 0. The maximum Gasteiger partial charge on any atom is 0.0485 e. The number of rotatable bonds is 1. The van der Waals surface area contributed by atoms with E-state index in [9.17, 15) is 0 Å². The first-order valence-electron chi connectivity index (χ1n) is 7.06. The lowest BCUT2D eigenvalue weighted by Crippen LogP contribution is -2.46. The van der Waals surface area contributed by atoms with E-state index in [-0.39, 0.29) is 5.54 Å². The fraction of sp³-hybridized carbons (Fsp3) is 0.353. The summed E-state index contributed by atoms with van der Waals surface area (Å²) in [6.45, 7) is 0. The number of nitrogens with zero attached hydrogens (tertiary/aromatic N) is 1. The summed E-state index contributed by atoms with van der Waals surface area (Å²) in [7, 11) is 0. The molecule has 19 heavy (non-hydrogen) atoms. The highest BCUT2D eigenvalue weighted by Gasteiger charge is 2.44. The number of hydrogen-bond donors (Lipinski definition) is 1. The molecule has 1 unspecified atom stereocenters. The minimum Gasteiger partial charge on any atom is -0.324 e. The van der Waals surface area contributed by atoms with Crippen LogP contribution < -0.4 is 5.73 Å². The monoisotopic (exact) mass is 250 g/mol. The van der Waals surface area contributed by atoms with E-state index in [1.807, 2.05) is 12.3 Å². The molecule has 0 saturated carbocycles. The summed E-state index contributed by atoms with van der Waals surface area (Å²) >= 11 is 0. The molecule has 0 bridgehead atoms. The minimum atomic E-state index is -0.136. The zero-order valence-electron chi connectivity index (χ0n) is 11.0. The van der Waals surface area contributed by atoms with E-state index in [0.717, 1.165) is 25.7 Å². The largest absolute Gasteiger partial charge is 0.324 e. The van der Waals surface area contributed by atoms with Gasteiger partial charge in [0.2, 0.25) is 0 Å². The molecule has 1 aromatic heterocycles. The van der Waals surface area contributed by atoms with Crippen molar-refractivity contribution in [2.24, 2.45) is 5.73 Å². The quantitative estimate of drug-likeness (QED) is 0.845. The topological polar surface area (TPSA) is 38.9 Å². The highest BCUT2D eigenvalue weighted by Crippen LogP contribution is 2.44. The Balaban J connectivity index is 1.72. The van der Waals surface area contributed by atoms with E-state index in [0.29, 0.717) is 5.92 Å². The molecule has 0 radical (unpaired) electrons. The van der Waals surface area contributed by atoms with Crippen LogP contribution in [-0.4, -0.2) is 10.5 Å². The lowest BCUT2D eigenvalue weighted by Gasteiger charge is -2.31. The normalized spacial score (nSPS) is 23.1. The molecule has 96 valence electrons. The second-order valence-corrected chi connectivity index (χ2v) is 5.99. The Bertz CT molecular complexity index is 608. The lowest BCUT2D eigenvalue weighted by atomic mass is 9.80. The average molecular weight is 250 g/mol. The molecule has 1 aromatic carbocycles. The number of aromatic nitrogens is 1. The predicted molar refractivity (Wildman–Crippen MR) is 76.1 cm³/mol. The molecule has 1 atom stereocenters. The van der Waals surface area contributed by atoms with Crippen LogP contribution >= 0.6 is 0 Å². The summed E-state index contributed by atoms with van der Waals surface area (Å²) in [5, 5.41) is 0. The Morgan fingerprint density at radius 3 is 2.42 bits per heavy atom. The van der Waals surface area contributed by atoms with Crippen LogP contribution in [0.3, 0.4) is 0 Å². The van der Waals surface area contributed by atoms with Crippen molar-refractivity contribution in [2.45, 2.75) is 37.1 Å². The highest BCUT2D eigenvalue weighted by atomic mass is 14.8. The summed E-state index contributed by atoms with van der Waals surface area (Å²) in [5.74, 6) is 0.413. The van der Waals surface area contributed by atoms with E-state index in [1.165, 1.54) is 22.4 Å². The fourth-order valence-corrected chi connectivity index (χ4v) is 3.89. The third-order valence-corrected chi connectivity index (χ3v) is 4.81. The Hall–Kier alpha value is -1.67.